The molecule has 3 rings (SSSR count). The molecule has 3 aliphatic heterocycles. The van der Waals surface area contributed by atoms with Crippen molar-refractivity contribution in [2.45, 2.75) is 413 Å². The fourth-order valence-corrected chi connectivity index (χ4v) is 13.9. The second kappa shape index (κ2) is 68.6. The van der Waals surface area contributed by atoms with Gasteiger partial charge in [0.2, 0.25) is 5.91 Å². The van der Waals surface area contributed by atoms with E-state index >= 15 is 0 Å². The quantitative estimate of drug-likeness (QED) is 0.0199. The number of unbranched alkanes of at least 4 members (excludes halogenated alkanes) is 34. The predicted octanol–water partition coefficient (Wildman–Crippen LogP) is 15.8. The third kappa shape index (κ3) is 47.6. The van der Waals surface area contributed by atoms with Gasteiger partial charge in [0.1, 0.15) is 73.2 Å². The first kappa shape index (κ1) is 99.4. The van der Waals surface area contributed by atoms with E-state index in [4.69, 9.17) is 28.4 Å². The van der Waals surface area contributed by atoms with E-state index in [2.05, 4.69) is 129 Å². The van der Waals surface area contributed by atoms with Crippen molar-refractivity contribution in [2.75, 3.05) is 26.4 Å². The maximum Gasteiger partial charge on any atom is 0.220 e. The molecule has 19 nitrogen and oxygen atoms in total. The van der Waals surface area contributed by atoms with Crippen LogP contribution < -0.4 is 5.32 Å². The van der Waals surface area contributed by atoms with Crippen LogP contribution in [-0.2, 0) is 33.2 Å². The molecule has 17 unspecified atom stereocenters. The zero-order valence-electron chi connectivity index (χ0n) is 67.5. The maximum absolute atomic E-state index is 13.5. The molecule has 3 fully saturated rings. The Morgan fingerprint density at radius 2 is 0.642 bits per heavy atom. The van der Waals surface area contributed by atoms with E-state index in [-0.39, 0.29) is 18.9 Å². The number of ether oxygens (including phenoxy) is 6. The second-order valence-corrected chi connectivity index (χ2v) is 30.3. The van der Waals surface area contributed by atoms with Crippen LogP contribution in [0.1, 0.15) is 309 Å². The molecule has 0 saturated carbocycles. The number of nitrogens with one attached hydrogen (secondary N) is 1. The van der Waals surface area contributed by atoms with E-state index in [1.807, 2.05) is 6.08 Å². The Labute approximate surface area is 658 Å². The van der Waals surface area contributed by atoms with Gasteiger partial charge >= 0.3 is 0 Å². The summed E-state index contributed by atoms with van der Waals surface area (Å²) < 4.78 is 34.5. The molecule has 1 amide bonds. The van der Waals surface area contributed by atoms with Crippen molar-refractivity contribution >= 4 is 5.91 Å². The molecular weight excluding hydrogens is 1380 g/mol. The van der Waals surface area contributed by atoms with Gasteiger partial charge < -0.3 is 89.9 Å². The zero-order valence-corrected chi connectivity index (χ0v) is 67.5. The summed E-state index contributed by atoms with van der Waals surface area (Å²) in [5.41, 5.74) is 0. The van der Waals surface area contributed by atoms with Crippen LogP contribution in [0.15, 0.2) is 122 Å². The molecule has 109 heavy (non-hydrogen) atoms. The Morgan fingerprint density at radius 3 is 1.03 bits per heavy atom. The Hall–Kier alpha value is -3.81. The number of rotatable bonds is 68. The molecular formula is C90H155NO18. The molecule has 0 aromatic heterocycles. The van der Waals surface area contributed by atoms with E-state index < -0.39 is 124 Å². The van der Waals surface area contributed by atoms with Gasteiger partial charge in [0.15, 0.2) is 18.9 Å². The average Bonchev–Trinajstić information content (AvgIpc) is 0.760. The van der Waals surface area contributed by atoms with Crippen molar-refractivity contribution in [1.82, 2.24) is 5.32 Å². The molecule has 17 atom stereocenters. The Morgan fingerprint density at radius 1 is 0.339 bits per heavy atom. The fraction of sp³-hybridized carbons (Fsp3) is 0.767. The number of carbonyl (C=O) groups is 1. The van der Waals surface area contributed by atoms with Crippen LogP contribution in [0, 0.1) is 0 Å². The van der Waals surface area contributed by atoms with Crippen molar-refractivity contribution in [2.24, 2.45) is 0 Å². The number of aliphatic hydroxyl groups excluding tert-OH is 11. The first-order valence-electron chi connectivity index (χ1n) is 43.3. The molecule has 3 heterocycles. The topological polar surface area (TPSA) is 307 Å². The molecule has 0 aromatic rings. The van der Waals surface area contributed by atoms with E-state index in [0.29, 0.717) is 12.8 Å². The third-order valence-electron chi connectivity index (χ3n) is 20.7. The maximum atomic E-state index is 13.5. The highest BCUT2D eigenvalue weighted by molar-refractivity contribution is 5.76. The standard InChI is InChI=1S/C90H155NO18/c1-3-5-7-9-11-13-15-17-19-21-23-25-27-28-29-30-31-32-33-34-35-36-37-38-39-40-41-42-43-44-46-48-50-52-54-56-58-60-62-64-66-68-78(96)91-73(74(95)67-65-63-61-59-57-55-53-51-49-47-45-26-24-22-20-18-16-14-12-10-8-6-4-2)72-104-88-84(102)81(99)86(76(70-93)106-88)109-90-85(103)82(100)87(77(71-94)107-90)108-89-83(101)80(98)79(97)75(69-92)105-89/h5,7,11,13,17,19,23,25,28-29,31-32,34-35,37-38,57,59,65,67,73-77,79-90,92-95,97-103H,3-4,6,8-10,12,14-16,18,20-22,24,26-27,30,33,36,39-56,58,60-64,66,68-72H2,1-2H3,(H,91,96)/b7-5-,13-11-,19-17-,25-23-,29-28-,32-31-,35-34-,38-37-,59-57+,67-65+. The van der Waals surface area contributed by atoms with Crippen LogP contribution in [0.5, 0.6) is 0 Å². The average molecular weight is 1540 g/mol. The third-order valence-corrected chi connectivity index (χ3v) is 20.7. The van der Waals surface area contributed by atoms with Crippen LogP contribution in [0.4, 0.5) is 0 Å². The lowest BCUT2D eigenvalue weighted by Crippen LogP contribution is -2.66. The summed E-state index contributed by atoms with van der Waals surface area (Å²) in [6.07, 6.45) is 70.5. The monoisotopic (exact) mass is 1540 g/mol. The molecule has 19 heteroatoms. The number of hydrogen-bond donors (Lipinski definition) is 12. The summed E-state index contributed by atoms with van der Waals surface area (Å²) in [6.45, 7) is 1.63. The van der Waals surface area contributed by atoms with Gasteiger partial charge in [-0.05, 0) is 96.3 Å². The van der Waals surface area contributed by atoms with Crippen LogP contribution in [0.3, 0.4) is 0 Å². The molecule has 0 aromatic carbocycles. The summed E-state index contributed by atoms with van der Waals surface area (Å²) in [7, 11) is 0. The normalized spacial score (nSPS) is 25.9. The Bertz CT molecular complexity index is 2440. The molecule has 0 radical (unpaired) electrons. The van der Waals surface area contributed by atoms with Crippen LogP contribution >= 0.6 is 0 Å². The van der Waals surface area contributed by atoms with Crippen molar-refractivity contribution in [3.8, 4) is 0 Å². The van der Waals surface area contributed by atoms with Crippen LogP contribution in [0.2, 0.25) is 0 Å². The van der Waals surface area contributed by atoms with Crippen molar-refractivity contribution in [3.05, 3.63) is 122 Å². The highest BCUT2D eigenvalue weighted by Gasteiger charge is 2.54. The number of amides is 1. The first-order chi connectivity index (χ1) is 53.3. The predicted molar refractivity (Wildman–Crippen MR) is 438 cm³/mol. The van der Waals surface area contributed by atoms with Gasteiger partial charge in [-0.25, -0.2) is 0 Å². The van der Waals surface area contributed by atoms with Gasteiger partial charge in [-0.2, -0.15) is 0 Å². The van der Waals surface area contributed by atoms with Gasteiger partial charge in [0, 0.05) is 6.42 Å². The van der Waals surface area contributed by atoms with Gasteiger partial charge in [-0.1, -0.05) is 328 Å². The summed E-state index contributed by atoms with van der Waals surface area (Å²) in [6, 6.07) is -0.997. The smallest absolute Gasteiger partial charge is 0.220 e. The summed E-state index contributed by atoms with van der Waals surface area (Å²) in [5, 5.41) is 121. The minimum atomic E-state index is -1.99. The number of carbonyl (C=O) groups excluding carboxylic acids is 1. The SMILES string of the molecule is CC/C=C\C/C=C\C/C=C\C/C=C\C/C=C\C/C=C\C/C=C\C/C=C\CCCCCCCCCCCCCCCCCCC(=O)NC(COC1OC(CO)C(OC2OC(CO)C(OC3OC(CO)C(O)C(O)C3O)C(O)C2O)C(O)C1O)C(O)/C=C/CC/C=C/CCCCCCCCCCCCCCCCCCC. The van der Waals surface area contributed by atoms with E-state index in [1.165, 1.54) is 186 Å². The van der Waals surface area contributed by atoms with Crippen LogP contribution in [-0.4, -0.2) is 193 Å². The molecule has 12 N–H and O–H groups in total. The van der Waals surface area contributed by atoms with E-state index in [9.17, 15) is 61.0 Å². The Balaban J connectivity index is 1.33. The van der Waals surface area contributed by atoms with Crippen molar-refractivity contribution in [3.63, 3.8) is 0 Å². The van der Waals surface area contributed by atoms with Gasteiger partial charge in [0.25, 0.3) is 0 Å². The molecule has 3 saturated heterocycles. The van der Waals surface area contributed by atoms with E-state index in [1.54, 1.807) is 6.08 Å². The second-order valence-electron chi connectivity index (χ2n) is 30.3. The summed E-state index contributed by atoms with van der Waals surface area (Å²) >= 11 is 0. The summed E-state index contributed by atoms with van der Waals surface area (Å²) in [5.74, 6) is -0.286. The fourth-order valence-electron chi connectivity index (χ4n) is 13.9. The lowest BCUT2D eigenvalue weighted by molar-refractivity contribution is -0.379. The lowest BCUT2D eigenvalue weighted by Gasteiger charge is -2.48. The molecule has 0 bridgehead atoms. The van der Waals surface area contributed by atoms with E-state index in [0.717, 1.165) is 89.9 Å². The highest BCUT2D eigenvalue weighted by Crippen LogP contribution is 2.33. The first-order valence-corrected chi connectivity index (χ1v) is 43.3. The molecule has 628 valence electrons. The minimum absolute atomic E-state index is 0.231. The lowest BCUT2D eigenvalue weighted by atomic mass is 9.96. The molecule has 0 aliphatic carbocycles. The van der Waals surface area contributed by atoms with Crippen molar-refractivity contribution < 1.29 is 89.4 Å². The van der Waals surface area contributed by atoms with Crippen LogP contribution in [0.25, 0.3) is 0 Å². The minimum Gasteiger partial charge on any atom is -0.394 e. The molecule has 0 spiro atoms. The van der Waals surface area contributed by atoms with Crippen molar-refractivity contribution in [1.29, 1.82) is 0 Å². The zero-order chi connectivity index (χ0) is 78.8. The largest absolute Gasteiger partial charge is 0.394 e. The number of aliphatic hydroxyl groups is 11. The van der Waals surface area contributed by atoms with Gasteiger partial charge in [-0.15, -0.1) is 0 Å². The number of hydrogen-bond acceptors (Lipinski definition) is 18. The van der Waals surface area contributed by atoms with Gasteiger partial charge in [-0.3, -0.25) is 4.79 Å². The summed E-state index contributed by atoms with van der Waals surface area (Å²) in [4.78, 5) is 13.5. The number of allylic oxidation sites excluding steroid dienone is 19. The highest BCUT2D eigenvalue weighted by atomic mass is 16.8. The van der Waals surface area contributed by atoms with Gasteiger partial charge in [0.05, 0.1) is 38.6 Å². The Kier molecular flexibility index (Phi) is 62.5. The molecule has 3 aliphatic rings.